The molecule has 1 heterocycles. The number of aliphatic carboxylic acids is 1. The van der Waals surface area contributed by atoms with Crippen LogP contribution in [0, 0.1) is 5.92 Å². The number of aryl methyl sites for hydroxylation is 1. The summed E-state index contributed by atoms with van der Waals surface area (Å²) in [6.07, 6.45) is 4.87. The average molecular weight is 253 g/mol. The molecule has 0 aliphatic heterocycles. The van der Waals surface area contributed by atoms with Crippen LogP contribution in [0.4, 0.5) is 0 Å². The van der Waals surface area contributed by atoms with E-state index in [0.717, 1.165) is 25.1 Å². The lowest BCUT2D eigenvalue weighted by molar-refractivity contribution is -0.138. The summed E-state index contributed by atoms with van der Waals surface area (Å²) in [5.74, 6) is -0.327. The zero-order chi connectivity index (χ0) is 13.5. The zero-order valence-corrected chi connectivity index (χ0v) is 11.5. The smallest absolute Gasteiger partial charge is 0.317 e. The van der Waals surface area contributed by atoms with Crippen molar-refractivity contribution in [3.63, 3.8) is 0 Å². The molecule has 102 valence electrons. The number of hydrogen-bond acceptors (Lipinski definition) is 3. The van der Waals surface area contributed by atoms with E-state index in [2.05, 4.69) is 25.9 Å². The Morgan fingerprint density at radius 2 is 2.28 bits per heavy atom. The molecule has 0 saturated carbocycles. The topological polar surface area (TPSA) is 58.4 Å². The van der Waals surface area contributed by atoms with Crippen LogP contribution < -0.4 is 0 Å². The Hall–Kier alpha value is -1.36. The fourth-order valence-electron chi connectivity index (χ4n) is 1.99. The lowest BCUT2D eigenvalue weighted by Gasteiger charge is -2.21. The Balaban J connectivity index is 2.59. The maximum absolute atomic E-state index is 10.8. The van der Waals surface area contributed by atoms with Crippen LogP contribution in [0.1, 0.15) is 32.8 Å². The molecule has 0 bridgehead atoms. The third kappa shape index (κ3) is 5.31. The fourth-order valence-corrected chi connectivity index (χ4v) is 1.99. The van der Waals surface area contributed by atoms with Crippen LogP contribution in [0.3, 0.4) is 0 Å². The molecule has 0 fully saturated rings. The maximum Gasteiger partial charge on any atom is 0.317 e. The highest BCUT2D eigenvalue weighted by atomic mass is 16.4. The number of rotatable bonds is 8. The summed E-state index contributed by atoms with van der Waals surface area (Å²) < 4.78 is 1.91. The third-order valence-corrected chi connectivity index (χ3v) is 2.53. The molecule has 5 heteroatoms. The van der Waals surface area contributed by atoms with Crippen LogP contribution >= 0.6 is 0 Å². The summed E-state index contributed by atoms with van der Waals surface area (Å²) in [6.45, 7) is 8.71. The molecule has 0 aromatic carbocycles. The first kappa shape index (κ1) is 14.7. The van der Waals surface area contributed by atoms with Crippen molar-refractivity contribution in [2.45, 2.75) is 40.3 Å². The van der Waals surface area contributed by atoms with Crippen molar-refractivity contribution in [2.75, 3.05) is 13.1 Å². The normalized spacial score (nSPS) is 11.4. The lowest BCUT2D eigenvalue weighted by atomic mass is 10.2. The predicted molar refractivity (Wildman–Crippen MR) is 70.3 cm³/mol. The van der Waals surface area contributed by atoms with Gasteiger partial charge in [-0.2, -0.15) is 5.10 Å². The second-order valence-electron chi connectivity index (χ2n) is 5.07. The van der Waals surface area contributed by atoms with E-state index >= 15 is 0 Å². The van der Waals surface area contributed by atoms with Gasteiger partial charge in [-0.15, -0.1) is 0 Å². The zero-order valence-electron chi connectivity index (χ0n) is 11.5. The molecule has 0 atom stereocenters. The Morgan fingerprint density at radius 1 is 1.56 bits per heavy atom. The van der Waals surface area contributed by atoms with Crippen LogP contribution in [-0.2, 0) is 17.9 Å². The Labute approximate surface area is 108 Å². The van der Waals surface area contributed by atoms with E-state index in [1.54, 1.807) is 0 Å². The van der Waals surface area contributed by atoms with E-state index in [4.69, 9.17) is 5.11 Å². The predicted octanol–water partition coefficient (Wildman–Crippen LogP) is 1.84. The lowest BCUT2D eigenvalue weighted by Crippen LogP contribution is -2.32. The fraction of sp³-hybridized carbons (Fsp3) is 0.692. The summed E-state index contributed by atoms with van der Waals surface area (Å²) in [5.41, 5.74) is 1.07. The molecule has 0 aliphatic rings. The Bertz CT molecular complexity index is 374. The second-order valence-corrected chi connectivity index (χ2v) is 5.07. The molecular formula is C13H23N3O2. The van der Waals surface area contributed by atoms with E-state index in [-0.39, 0.29) is 6.54 Å². The minimum Gasteiger partial charge on any atom is -0.480 e. The highest BCUT2D eigenvalue weighted by molar-refractivity contribution is 5.69. The van der Waals surface area contributed by atoms with Gasteiger partial charge in [-0.25, -0.2) is 0 Å². The van der Waals surface area contributed by atoms with E-state index in [1.807, 2.05) is 22.0 Å². The molecule has 1 rings (SSSR count). The Morgan fingerprint density at radius 3 is 2.83 bits per heavy atom. The molecule has 1 N–H and O–H groups in total. The molecule has 0 saturated heterocycles. The largest absolute Gasteiger partial charge is 0.480 e. The number of nitrogens with zero attached hydrogens (tertiary/aromatic N) is 3. The summed E-state index contributed by atoms with van der Waals surface area (Å²) in [5, 5.41) is 13.2. The SMILES string of the molecule is CCCn1cc(CN(CC(=O)O)CC(C)C)cn1. The van der Waals surface area contributed by atoms with Crippen molar-refractivity contribution < 1.29 is 9.90 Å². The molecule has 1 aromatic rings. The highest BCUT2D eigenvalue weighted by Crippen LogP contribution is 2.07. The van der Waals surface area contributed by atoms with Gasteiger partial charge in [0, 0.05) is 31.4 Å². The summed E-state index contributed by atoms with van der Waals surface area (Å²) in [6, 6.07) is 0. The first-order valence-electron chi connectivity index (χ1n) is 6.46. The maximum atomic E-state index is 10.8. The number of carboxylic acid groups (broad SMARTS) is 1. The molecule has 18 heavy (non-hydrogen) atoms. The van der Waals surface area contributed by atoms with E-state index in [0.29, 0.717) is 12.5 Å². The van der Waals surface area contributed by atoms with Crippen molar-refractivity contribution in [3.05, 3.63) is 18.0 Å². The molecule has 0 amide bonds. The van der Waals surface area contributed by atoms with Gasteiger partial charge in [-0.1, -0.05) is 20.8 Å². The molecule has 5 nitrogen and oxygen atoms in total. The monoisotopic (exact) mass is 253 g/mol. The van der Waals surface area contributed by atoms with Crippen molar-refractivity contribution in [1.29, 1.82) is 0 Å². The first-order valence-corrected chi connectivity index (χ1v) is 6.46. The van der Waals surface area contributed by atoms with Crippen molar-refractivity contribution in [3.8, 4) is 0 Å². The molecule has 0 aliphatic carbocycles. The molecule has 0 spiro atoms. The third-order valence-electron chi connectivity index (χ3n) is 2.53. The van der Waals surface area contributed by atoms with Crippen LogP contribution in [0.2, 0.25) is 0 Å². The van der Waals surface area contributed by atoms with E-state index in [1.165, 1.54) is 0 Å². The van der Waals surface area contributed by atoms with E-state index in [9.17, 15) is 4.79 Å². The molecule has 0 unspecified atom stereocenters. The molecular weight excluding hydrogens is 230 g/mol. The van der Waals surface area contributed by atoms with Gasteiger partial charge in [-0.05, 0) is 12.3 Å². The Kier molecular flexibility index (Phi) is 5.85. The van der Waals surface area contributed by atoms with Gasteiger partial charge in [0.05, 0.1) is 12.7 Å². The van der Waals surface area contributed by atoms with Crippen LogP contribution in [0.15, 0.2) is 12.4 Å². The van der Waals surface area contributed by atoms with Gasteiger partial charge in [0.25, 0.3) is 0 Å². The minimum absolute atomic E-state index is 0.0805. The molecule has 0 radical (unpaired) electrons. The summed E-state index contributed by atoms with van der Waals surface area (Å²) >= 11 is 0. The number of carbonyl (C=O) groups is 1. The van der Waals surface area contributed by atoms with E-state index < -0.39 is 5.97 Å². The van der Waals surface area contributed by atoms with Crippen LogP contribution in [0.25, 0.3) is 0 Å². The van der Waals surface area contributed by atoms with Crippen LogP contribution in [0.5, 0.6) is 0 Å². The van der Waals surface area contributed by atoms with Gasteiger partial charge < -0.3 is 5.11 Å². The van der Waals surface area contributed by atoms with Crippen molar-refractivity contribution >= 4 is 5.97 Å². The van der Waals surface area contributed by atoms with Crippen molar-refractivity contribution in [1.82, 2.24) is 14.7 Å². The van der Waals surface area contributed by atoms with Gasteiger partial charge in [0.1, 0.15) is 0 Å². The summed E-state index contributed by atoms with van der Waals surface area (Å²) in [4.78, 5) is 12.8. The minimum atomic E-state index is -0.781. The van der Waals surface area contributed by atoms with Gasteiger partial charge in [0.15, 0.2) is 0 Å². The highest BCUT2D eigenvalue weighted by Gasteiger charge is 2.12. The summed E-state index contributed by atoms with van der Waals surface area (Å²) in [7, 11) is 0. The quantitative estimate of drug-likeness (QED) is 0.768. The van der Waals surface area contributed by atoms with Gasteiger partial charge in [0.2, 0.25) is 0 Å². The first-order chi connectivity index (χ1) is 8.51. The van der Waals surface area contributed by atoms with Crippen LogP contribution in [-0.4, -0.2) is 38.8 Å². The van der Waals surface area contributed by atoms with Gasteiger partial charge in [-0.3, -0.25) is 14.4 Å². The number of carboxylic acids is 1. The van der Waals surface area contributed by atoms with Gasteiger partial charge >= 0.3 is 5.97 Å². The van der Waals surface area contributed by atoms with Crippen molar-refractivity contribution in [2.24, 2.45) is 5.92 Å². The second kappa shape index (κ2) is 7.16. The molecule has 1 aromatic heterocycles. The average Bonchev–Trinajstić information content (AvgIpc) is 2.64. The number of hydrogen-bond donors (Lipinski definition) is 1. The number of aromatic nitrogens is 2. The standard InChI is InChI=1S/C13H23N3O2/c1-4-5-16-9-12(6-14-16)8-15(7-11(2)3)10-13(17)18/h6,9,11H,4-5,7-8,10H2,1-3H3,(H,17,18).